The summed E-state index contributed by atoms with van der Waals surface area (Å²) in [5.41, 5.74) is 0.835. The maximum Gasteiger partial charge on any atom is 0.135 e. The fraction of sp³-hybridized carbons (Fsp3) is 0.529. The first-order chi connectivity index (χ1) is 10.1. The van der Waals surface area contributed by atoms with E-state index >= 15 is 0 Å². The molecule has 0 spiro atoms. The third-order valence-corrected chi connectivity index (χ3v) is 3.73. The SMILES string of the molecule is CCN(CCCN(C)C)CC(O)c1cc2ccccc2o1. The van der Waals surface area contributed by atoms with Gasteiger partial charge in [0, 0.05) is 11.9 Å². The van der Waals surface area contributed by atoms with Gasteiger partial charge in [0.2, 0.25) is 0 Å². The molecule has 0 aliphatic rings. The van der Waals surface area contributed by atoms with Crippen molar-refractivity contribution < 1.29 is 9.52 Å². The second-order valence-corrected chi connectivity index (χ2v) is 5.75. The van der Waals surface area contributed by atoms with Gasteiger partial charge in [-0.25, -0.2) is 0 Å². The van der Waals surface area contributed by atoms with Crippen LogP contribution in [0.3, 0.4) is 0 Å². The Labute approximate surface area is 127 Å². The summed E-state index contributed by atoms with van der Waals surface area (Å²) in [6.45, 7) is 5.73. The number of likely N-dealkylation sites (N-methyl/N-ethyl adjacent to an activating group) is 1. The molecule has 0 saturated carbocycles. The monoisotopic (exact) mass is 290 g/mol. The minimum absolute atomic E-state index is 0.572. The minimum atomic E-state index is -0.572. The predicted molar refractivity (Wildman–Crippen MR) is 86.5 cm³/mol. The fourth-order valence-corrected chi connectivity index (χ4v) is 2.49. The Bertz CT molecular complexity index is 517. The molecule has 21 heavy (non-hydrogen) atoms. The van der Waals surface area contributed by atoms with Crippen molar-refractivity contribution in [3.63, 3.8) is 0 Å². The van der Waals surface area contributed by atoms with Crippen molar-refractivity contribution in [2.75, 3.05) is 40.3 Å². The van der Waals surface area contributed by atoms with Crippen LogP contribution in [-0.4, -0.2) is 55.2 Å². The average Bonchev–Trinajstić information content (AvgIpc) is 2.89. The molecule has 1 atom stereocenters. The first-order valence-corrected chi connectivity index (χ1v) is 7.63. The zero-order chi connectivity index (χ0) is 15.2. The average molecular weight is 290 g/mol. The molecule has 0 bridgehead atoms. The van der Waals surface area contributed by atoms with Crippen LogP contribution in [0.4, 0.5) is 0 Å². The Balaban J connectivity index is 1.93. The number of para-hydroxylation sites is 1. The summed E-state index contributed by atoms with van der Waals surface area (Å²) in [7, 11) is 4.17. The van der Waals surface area contributed by atoms with Crippen LogP contribution in [0.25, 0.3) is 11.0 Å². The highest BCUT2D eigenvalue weighted by Gasteiger charge is 2.16. The predicted octanol–water partition coefficient (Wildman–Crippen LogP) is 2.74. The lowest BCUT2D eigenvalue weighted by molar-refractivity contribution is 0.0967. The molecule has 1 unspecified atom stereocenters. The quantitative estimate of drug-likeness (QED) is 0.811. The minimum Gasteiger partial charge on any atom is -0.458 e. The Kier molecular flexibility index (Phi) is 5.79. The number of rotatable bonds is 8. The normalized spacial score (nSPS) is 13.4. The van der Waals surface area contributed by atoms with E-state index < -0.39 is 6.10 Å². The van der Waals surface area contributed by atoms with Gasteiger partial charge in [-0.2, -0.15) is 0 Å². The molecular weight excluding hydrogens is 264 g/mol. The van der Waals surface area contributed by atoms with E-state index in [4.69, 9.17) is 4.42 Å². The number of hydrogen-bond acceptors (Lipinski definition) is 4. The Morgan fingerprint density at radius 2 is 1.95 bits per heavy atom. The number of furan rings is 1. The van der Waals surface area contributed by atoms with Crippen LogP contribution in [0.5, 0.6) is 0 Å². The van der Waals surface area contributed by atoms with Gasteiger partial charge in [-0.3, -0.25) is 0 Å². The molecule has 1 aromatic heterocycles. The Morgan fingerprint density at radius 1 is 1.19 bits per heavy atom. The lowest BCUT2D eigenvalue weighted by Crippen LogP contribution is -2.31. The van der Waals surface area contributed by atoms with Gasteiger partial charge >= 0.3 is 0 Å². The molecular formula is C17H26N2O2. The van der Waals surface area contributed by atoms with Gasteiger partial charge < -0.3 is 19.3 Å². The van der Waals surface area contributed by atoms with Gasteiger partial charge in [0.1, 0.15) is 17.4 Å². The van der Waals surface area contributed by atoms with E-state index in [-0.39, 0.29) is 0 Å². The van der Waals surface area contributed by atoms with Gasteiger partial charge in [-0.1, -0.05) is 25.1 Å². The fourth-order valence-electron chi connectivity index (χ4n) is 2.49. The van der Waals surface area contributed by atoms with Crippen molar-refractivity contribution in [2.24, 2.45) is 0 Å². The smallest absolute Gasteiger partial charge is 0.135 e. The molecule has 116 valence electrons. The van der Waals surface area contributed by atoms with Crippen LogP contribution in [0.15, 0.2) is 34.7 Å². The zero-order valence-corrected chi connectivity index (χ0v) is 13.2. The molecule has 0 aliphatic carbocycles. The molecule has 0 aliphatic heterocycles. The Hall–Kier alpha value is -1.36. The highest BCUT2D eigenvalue weighted by molar-refractivity contribution is 5.77. The molecule has 0 radical (unpaired) electrons. The van der Waals surface area contributed by atoms with Crippen molar-refractivity contribution in [3.8, 4) is 0 Å². The van der Waals surface area contributed by atoms with Crippen molar-refractivity contribution in [2.45, 2.75) is 19.4 Å². The summed E-state index contributed by atoms with van der Waals surface area (Å²) in [4.78, 5) is 4.45. The maximum atomic E-state index is 10.4. The topological polar surface area (TPSA) is 39.9 Å². The summed E-state index contributed by atoms with van der Waals surface area (Å²) >= 11 is 0. The first-order valence-electron chi connectivity index (χ1n) is 7.63. The van der Waals surface area contributed by atoms with E-state index in [2.05, 4.69) is 30.8 Å². The second-order valence-electron chi connectivity index (χ2n) is 5.75. The van der Waals surface area contributed by atoms with Gasteiger partial charge in [-0.05, 0) is 52.3 Å². The van der Waals surface area contributed by atoms with Gasteiger partial charge in [0.15, 0.2) is 0 Å². The molecule has 1 heterocycles. The van der Waals surface area contributed by atoms with E-state index in [9.17, 15) is 5.11 Å². The summed E-state index contributed by atoms with van der Waals surface area (Å²) in [6.07, 6.45) is 0.532. The second kappa shape index (κ2) is 7.59. The van der Waals surface area contributed by atoms with Crippen LogP contribution < -0.4 is 0 Å². The summed E-state index contributed by atoms with van der Waals surface area (Å²) in [5, 5.41) is 11.4. The standard InChI is InChI=1S/C17H26N2O2/c1-4-19(11-7-10-18(2)3)13-15(20)17-12-14-8-5-6-9-16(14)21-17/h5-6,8-9,12,15,20H,4,7,10-11,13H2,1-3H3. The molecule has 0 fully saturated rings. The molecule has 4 nitrogen and oxygen atoms in total. The number of hydrogen-bond donors (Lipinski definition) is 1. The van der Waals surface area contributed by atoms with Crippen LogP contribution in [0.2, 0.25) is 0 Å². The lowest BCUT2D eigenvalue weighted by Gasteiger charge is -2.23. The van der Waals surface area contributed by atoms with E-state index in [1.54, 1.807) is 0 Å². The molecule has 0 amide bonds. The number of aliphatic hydroxyl groups is 1. The van der Waals surface area contributed by atoms with Crippen LogP contribution in [-0.2, 0) is 0 Å². The zero-order valence-electron chi connectivity index (χ0n) is 13.2. The summed E-state index contributed by atoms with van der Waals surface area (Å²) < 4.78 is 5.73. The molecule has 2 aromatic rings. The Morgan fingerprint density at radius 3 is 2.62 bits per heavy atom. The number of aliphatic hydroxyl groups excluding tert-OH is 1. The summed E-state index contributed by atoms with van der Waals surface area (Å²) in [5.74, 6) is 0.655. The van der Waals surface area contributed by atoms with Crippen LogP contribution in [0.1, 0.15) is 25.2 Å². The highest BCUT2D eigenvalue weighted by atomic mass is 16.4. The number of fused-ring (bicyclic) bond motifs is 1. The first kappa shape index (κ1) is 16.0. The maximum absolute atomic E-state index is 10.4. The van der Waals surface area contributed by atoms with Crippen LogP contribution >= 0.6 is 0 Å². The van der Waals surface area contributed by atoms with Crippen molar-refractivity contribution in [3.05, 3.63) is 36.1 Å². The largest absolute Gasteiger partial charge is 0.458 e. The van der Waals surface area contributed by atoms with E-state index in [0.717, 1.165) is 37.0 Å². The third-order valence-electron chi connectivity index (χ3n) is 3.73. The number of benzene rings is 1. The molecule has 2 rings (SSSR count). The van der Waals surface area contributed by atoms with Crippen molar-refractivity contribution in [1.82, 2.24) is 9.80 Å². The molecule has 0 saturated heterocycles. The van der Waals surface area contributed by atoms with E-state index in [1.165, 1.54) is 0 Å². The van der Waals surface area contributed by atoms with Crippen molar-refractivity contribution >= 4 is 11.0 Å². The molecule has 1 aromatic carbocycles. The lowest BCUT2D eigenvalue weighted by atomic mass is 10.2. The van der Waals surface area contributed by atoms with Crippen LogP contribution in [0, 0.1) is 0 Å². The molecule has 1 N–H and O–H groups in total. The highest BCUT2D eigenvalue weighted by Crippen LogP contribution is 2.24. The van der Waals surface area contributed by atoms with E-state index in [0.29, 0.717) is 12.3 Å². The van der Waals surface area contributed by atoms with Crippen molar-refractivity contribution in [1.29, 1.82) is 0 Å². The number of nitrogens with zero attached hydrogens (tertiary/aromatic N) is 2. The van der Waals surface area contributed by atoms with Gasteiger partial charge in [0.25, 0.3) is 0 Å². The summed E-state index contributed by atoms with van der Waals surface area (Å²) in [6, 6.07) is 9.80. The molecule has 4 heteroatoms. The van der Waals surface area contributed by atoms with E-state index in [1.807, 2.05) is 30.3 Å². The third kappa shape index (κ3) is 4.56. The van der Waals surface area contributed by atoms with Gasteiger partial charge in [0.05, 0.1) is 0 Å². The van der Waals surface area contributed by atoms with Gasteiger partial charge in [-0.15, -0.1) is 0 Å².